The second kappa shape index (κ2) is 5.08. The Morgan fingerprint density at radius 1 is 1.06 bits per heavy atom. The molecule has 0 saturated heterocycles. The van der Waals surface area contributed by atoms with E-state index in [1.54, 1.807) is 0 Å². The van der Waals surface area contributed by atoms with Crippen molar-refractivity contribution in [3.8, 4) is 11.4 Å². The molecule has 0 aliphatic carbocycles. The molecule has 1 aromatic heterocycles. The summed E-state index contributed by atoms with van der Waals surface area (Å²) in [5.74, 6) is 0.571. The van der Waals surface area contributed by atoms with Gasteiger partial charge in [-0.05, 0) is 47.6 Å². The van der Waals surface area contributed by atoms with Gasteiger partial charge in [-0.1, -0.05) is 41.4 Å². The summed E-state index contributed by atoms with van der Waals surface area (Å²) >= 11 is 14.1. The van der Waals surface area contributed by atoms with E-state index in [4.69, 9.17) is 23.2 Å². The van der Waals surface area contributed by atoms with Gasteiger partial charge in [0.25, 0.3) is 0 Å². The second-order valence-electron chi connectivity index (χ2n) is 3.69. The third kappa shape index (κ3) is 2.56. The van der Waals surface area contributed by atoms with Crippen molar-refractivity contribution in [1.29, 1.82) is 0 Å². The van der Waals surface area contributed by atoms with Gasteiger partial charge in [0.15, 0.2) is 5.82 Å². The van der Waals surface area contributed by atoms with Crippen LogP contribution in [0.4, 0.5) is 0 Å². The third-order valence-corrected chi connectivity index (χ3v) is 4.82. The lowest BCUT2D eigenvalue weighted by Crippen LogP contribution is -1.96. The molecule has 2 nitrogen and oxygen atoms in total. The normalized spacial score (nSPS) is 10.6. The van der Waals surface area contributed by atoms with Gasteiger partial charge in [0, 0.05) is 5.56 Å². The van der Waals surface area contributed by atoms with Crippen molar-refractivity contribution in [2.45, 2.75) is 13.8 Å². The Bertz CT molecular complexity index is 562. The number of hydrogen-bond donors (Lipinski definition) is 0. The summed E-state index contributed by atoms with van der Waals surface area (Å²) in [6, 6.07) is 5.99. The fourth-order valence-electron chi connectivity index (χ4n) is 1.51. The molecule has 17 heavy (non-hydrogen) atoms. The van der Waals surface area contributed by atoms with Gasteiger partial charge in [-0.2, -0.15) is 0 Å². The molecule has 0 amide bonds. The molecule has 0 spiro atoms. The highest BCUT2D eigenvalue weighted by atomic mass is 127. The molecule has 5 heteroatoms. The van der Waals surface area contributed by atoms with Crippen molar-refractivity contribution in [1.82, 2.24) is 9.97 Å². The Kier molecular flexibility index (Phi) is 3.90. The average molecular weight is 379 g/mol. The topological polar surface area (TPSA) is 25.8 Å². The summed E-state index contributed by atoms with van der Waals surface area (Å²) in [5, 5.41) is 0.781. The Balaban J connectivity index is 2.65. The molecule has 0 unspecified atom stereocenters. The summed E-state index contributed by atoms with van der Waals surface area (Å²) in [6.45, 7) is 4.09. The zero-order valence-electron chi connectivity index (χ0n) is 9.26. The number of rotatable bonds is 1. The van der Waals surface area contributed by atoms with E-state index in [0.29, 0.717) is 19.7 Å². The van der Waals surface area contributed by atoms with E-state index >= 15 is 0 Å². The summed E-state index contributed by atoms with van der Waals surface area (Å²) < 4.78 is 0.681. The number of benzene rings is 1. The van der Waals surface area contributed by atoms with Gasteiger partial charge in [-0.3, -0.25) is 0 Å². The Morgan fingerprint density at radius 2 is 1.65 bits per heavy atom. The number of hydrogen-bond acceptors (Lipinski definition) is 2. The zero-order chi connectivity index (χ0) is 12.6. The number of aromatic nitrogens is 2. The van der Waals surface area contributed by atoms with Gasteiger partial charge < -0.3 is 0 Å². The molecule has 2 aromatic rings. The van der Waals surface area contributed by atoms with Crippen LogP contribution in [0.2, 0.25) is 10.3 Å². The van der Waals surface area contributed by atoms with Crippen LogP contribution in [-0.4, -0.2) is 9.97 Å². The van der Waals surface area contributed by atoms with Crippen molar-refractivity contribution < 1.29 is 0 Å². The van der Waals surface area contributed by atoms with Crippen molar-refractivity contribution in [3.63, 3.8) is 0 Å². The number of aryl methyl sites for hydroxylation is 1. The van der Waals surface area contributed by atoms with E-state index in [9.17, 15) is 0 Å². The molecule has 0 saturated carbocycles. The fourth-order valence-corrected chi connectivity index (χ4v) is 2.14. The van der Waals surface area contributed by atoms with E-state index in [0.717, 1.165) is 11.1 Å². The molecule has 1 aromatic carbocycles. The van der Waals surface area contributed by atoms with Gasteiger partial charge in [0.2, 0.25) is 0 Å². The highest BCUT2D eigenvalue weighted by Crippen LogP contribution is 2.28. The first-order valence-corrected chi connectivity index (χ1v) is 6.79. The van der Waals surface area contributed by atoms with Gasteiger partial charge >= 0.3 is 0 Å². The predicted octanol–water partition coefficient (Wildman–Crippen LogP) is 4.67. The van der Waals surface area contributed by atoms with E-state index in [-0.39, 0.29) is 0 Å². The summed E-state index contributed by atoms with van der Waals surface area (Å²) in [7, 11) is 0. The maximum atomic E-state index is 6.02. The molecule has 88 valence electrons. The summed E-state index contributed by atoms with van der Waals surface area (Å²) in [6.07, 6.45) is 0. The molecule has 0 fully saturated rings. The van der Waals surface area contributed by atoms with Crippen LogP contribution in [0.5, 0.6) is 0 Å². The van der Waals surface area contributed by atoms with Crippen molar-refractivity contribution >= 4 is 45.8 Å². The molecule has 0 aliphatic heterocycles. The first-order chi connectivity index (χ1) is 8.00. The smallest absolute Gasteiger partial charge is 0.162 e. The Labute approximate surface area is 124 Å². The predicted molar refractivity (Wildman–Crippen MR) is 79.7 cm³/mol. The van der Waals surface area contributed by atoms with Gasteiger partial charge in [-0.15, -0.1) is 0 Å². The molecule has 0 bridgehead atoms. The molecule has 2 rings (SSSR count). The minimum absolute atomic E-state index is 0.390. The van der Waals surface area contributed by atoms with E-state index < -0.39 is 0 Å². The van der Waals surface area contributed by atoms with Crippen LogP contribution in [-0.2, 0) is 0 Å². The first kappa shape index (κ1) is 13.1. The standard InChI is InChI=1S/C12H9Cl2IN2/c1-6-4-3-5-8(7(6)2)12-16-10(13)9(15)11(14)17-12/h3-5H,1-2H3. The lowest BCUT2D eigenvalue weighted by Gasteiger charge is -2.08. The monoisotopic (exact) mass is 378 g/mol. The molecular weight excluding hydrogens is 370 g/mol. The van der Waals surface area contributed by atoms with Crippen molar-refractivity contribution in [2.75, 3.05) is 0 Å². The lowest BCUT2D eigenvalue weighted by molar-refractivity contribution is 1.15. The van der Waals surface area contributed by atoms with Crippen LogP contribution in [0.15, 0.2) is 18.2 Å². The zero-order valence-corrected chi connectivity index (χ0v) is 12.9. The van der Waals surface area contributed by atoms with E-state index in [1.165, 1.54) is 5.56 Å². The highest BCUT2D eigenvalue weighted by Gasteiger charge is 2.12. The molecule has 1 heterocycles. The Hall–Kier alpha value is -0.390. The molecular formula is C12H9Cl2IN2. The molecule has 0 N–H and O–H groups in total. The summed E-state index contributed by atoms with van der Waals surface area (Å²) in [5.41, 5.74) is 3.29. The third-order valence-electron chi connectivity index (χ3n) is 2.62. The fraction of sp³-hybridized carbons (Fsp3) is 0.167. The Morgan fingerprint density at radius 3 is 2.24 bits per heavy atom. The molecule has 0 atom stereocenters. The van der Waals surface area contributed by atoms with Crippen LogP contribution in [0.1, 0.15) is 11.1 Å². The van der Waals surface area contributed by atoms with Crippen molar-refractivity contribution in [3.05, 3.63) is 43.2 Å². The van der Waals surface area contributed by atoms with Crippen LogP contribution in [0.3, 0.4) is 0 Å². The number of nitrogens with zero attached hydrogens (tertiary/aromatic N) is 2. The van der Waals surface area contributed by atoms with Gasteiger partial charge in [0.05, 0.1) is 3.57 Å². The van der Waals surface area contributed by atoms with Crippen LogP contribution >= 0.6 is 45.8 Å². The quantitative estimate of drug-likeness (QED) is 0.532. The maximum absolute atomic E-state index is 6.02. The first-order valence-electron chi connectivity index (χ1n) is 4.96. The van der Waals surface area contributed by atoms with Gasteiger partial charge in [-0.25, -0.2) is 9.97 Å². The SMILES string of the molecule is Cc1cccc(-c2nc(Cl)c(I)c(Cl)n2)c1C. The highest BCUT2D eigenvalue weighted by molar-refractivity contribution is 14.1. The minimum Gasteiger partial charge on any atom is -0.215 e. The van der Waals surface area contributed by atoms with Crippen LogP contribution < -0.4 is 0 Å². The van der Waals surface area contributed by atoms with E-state index in [1.807, 2.05) is 41.6 Å². The molecule has 0 aliphatic rings. The van der Waals surface area contributed by atoms with Crippen LogP contribution in [0, 0.1) is 17.4 Å². The largest absolute Gasteiger partial charge is 0.215 e. The summed E-state index contributed by atoms with van der Waals surface area (Å²) in [4.78, 5) is 8.54. The molecule has 0 radical (unpaired) electrons. The average Bonchev–Trinajstić information content (AvgIpc) is 2.29. The van der Waals surface area contributed by atoms with Gasteiger partial charge in [0.1, 0.15) is 10.3 Å². The number of halogens is 3. The minimum atomic E-state index is 0.390. The van der Waals surface area contributed by atoms with Crippen molar-refractivity contribution in [2.24, 2.45) is 0 Å². The second-order valence-corrected chi connectivity index (χ2v) is 5.49. The van der Waals surface area contributed by atoms with E-state index in [2.05, 4.69) is 23.0 Å². The maximum Gasteiger partial charge on any atom is 0.162 e. The van der Waals surface area contributed by atoms with Crippen LogP contribution in [0.25, 0.3) is 11.4 Å². The lowest BCUT2D eigenvalue weighted by atomic mass is 10.0.